The van der Waals surface area contributed by atoms with Gasteiger partial charge in [0.15, 0.2) is 17.8 Å². The van der Waals surface area contributed by atoms with Gasteiger partial charge in [-0.05, 0) is 37.1 Å². The molecule has 3 rings (SSSR count). The molecule has 100 valence electrons. The molecule has 2 bridgehead atoms. The Balaban J connectivity index is 1.93. The molecule has 1 saturated carbocycles. The molecule has 1 aliphatic carbocycles. The molecule has 0 amide bonds. The predicted octanol–water partition coefficient (Wildman–Crippen LogP) is 2.98. The molecule has 2 N–H and O–H groups in total. The summed E-state index contributed by atoms with van der Waals surface area (Å²) in [6.07, 6.45) is 13.6. The summed E-state index contributed by atoms with van der Waals surface area (Å²) in [6, 6.07) is 0. The van der Waals surface area contributed by atoms with Crippen LogP contribution in [-0.4, -0.2) is 26.6 Å². The lowest BCUT2D eigenvalue weighted by atomic mass is 10.0. The minimum absolute atomic E-state index is 0.0437. The first-order chi connectivity index (χ1) is 8.52. The van der Waals surface area contributed by atoms with Crippen molar-refractivity contribution in [3.63, 3.8) is 0 Å². The molecule has 0 radical (unpaired) electrons. The van der Waals surface area contributed by atoms with Gasteiger partial charge in [0.2, 0.25) is 0 Å². The number of hydrogen-bond donors (Lipinski definition) is 2. The first-order valence-corrected chi connectivity index (χ1v) is 8.75. The first-order valence-electron chi connectivity index (χ1n) is 6.97. The topological polar surface area (TPSA) is 57.5 Å². The molecule has 0 spiro atoms. The average Bonchev–Trinajstić information content (AvgIpc) is 2.62. The number of aliphatic hydroxyl groups is 2. The van der Waals surface area contributed by atoms with Crippen LogP contribution in [0.2, 0.25) is 0 Å². The monoisotopic (exact) mass is 268 g/mol. The van der Waals surface area contributed by atoms with Gasteiger partial charge >= 0.3 is 0 Å². The lowest BCUT2D eigenvalue weighted by Crippen LogP contribution is -2.32. The molecule has 0 aromatic carbocycles. The Bertz CT molecular complexity index is 404. The summed E-state index contributed by atoms with van der Waals surface area (Å²) in [6.45, 7) is 0. The van der Waals surface area contributed by atoms with Gasteiger partial charge in [-0.2, -0.15) is 0 Å². The van der Waals surface area contributed by atoms with Crippen molar-refractivity contribution in [1.82, 2.24) is 0 Å². The van der Waals surface area contributed by atoms with Gasteiger partial charge in [0.05, 0.1) is 0 Å². The Hall–Kier alpha value is -0.370. The van der Waals surface area contributed by atoms with E-state index in [2.05, 4.69) is 0 Å². The maximum absolute atomic E-state index is 13.4. The Morgan fingerprint density at radius 1 is 0.833 bits per heavy atom. The largest absolute Gasteiger partial charge is 0.374 e. The fraction of sp³-hybridized carbons (Fsp3) is 0.714. The van der Waals surface area contributed by atoms with E-state index in [0.717, 1.165) is 25.7 Å². The summed E-state index contributed by atoms with van der Waals surface area (Å²) in [4.78, 5) is 0. The van der Waals surface area contributed by atoms with E-state index in [1.165, 1.54) is 43.6 Å². The van der Waals surface area contributed by atoms with E-state index >= 15 is 0 Å². The minimum Gasteiger partial charge on any atom is -0.374 e. The van der Waals surface area contributed by atoms with Gasteiger partial charge < -0.3 is 14.8 Å². The molecule has 1 fully saturated rings. The highest BCUT2D eigenvalue weighted by molar-refractivity contribution is 7.69. The zero-order valence-corrected chi connectivity index (χ0v) is 11.5. The molecule has 2 aliphatic heterocycles. The molecule has 0 atom stereocenters. The summed E-state index contributed by atoms with van der Waals surface area (Å²) >= 11 is 0. The number of hydrogen-bond acceptors (Lipinski definition) is 3. The zero-order valence-electron chi connectivity index (χ0n) is 10.6. The van der Waals surface area contributed by atoms with Crippen molar-refractivity contribution >= 4 is 7.14 Å². The van der Waals surface area contributed by atoms with E-state index in [4.69, 9.17) is 0 Å². The lowest BCUT2D eigenvalue weighted by molar-refractivity contribution is 0.207. The second-order valence-electron chi connectivity index (χ2n) is 5.89. The van der Waals surface area contributed by atoms with Gasteiger partial charge in [-0.15, -0.1) is 0 Å². The molecular weight excluding hydrogens is 247 g/mol. The highest BCUT2D eigenvalue weighted by Gasteiger charge is 2.66. The van der Waals surface area contributed by atoms with Crippen LogP contribution in [0.25, 0.3) is 0 Å². The fourth-order valence-corrected chi connectivity index (χ4v) is 7.73. The van der Waals surface area contributed by atoms with Crippen LogP contribution in [0.4, 0.5) is 0 Å². The Morgan fingerprint density at radius 3 is 1.67 bits per heavy atom. The molecule has 0 unspecified atom stereocenters. The smallest absolute Gasteiger partial charge is 0.166 e. The second-order valence-corrected chi connectivity index (χ2v) is 9.37. The van der Waals surface area contributed by atoms with Crippen molar-refractivity contribution < 1.29 is 14.8 Å². The summed E-state index contributed by atoms with van der Waals surface area (Å²) in [5.74, 6) is 0. The van der Waals surface area contributed by atoms with E-state index in [9.17, 15) is 14.8 Å². The predicted molar refractivity (Wildman–Crippen MR) is 71.9 cm³/mol. The summed E-state index contributed by atoms with van der Waals surface area (Å²) in [7, 11) is -3.10. The van der Waals surface area contributed by atoms with Crippen molar-refractivity contribution in [3.8, 4) is 0 Å². The molecule has 4 heteroatoms. The third-order valence-electron chi connectivity index (χ3n) is 4.80. The van der Waals surface area contributed by atoms with E-state index in [1.54, 1.807) is 0 Å². The van der Waals surface area contributed by atoms with E-state index in [0.29, 0.717) is 0 Å². The Morgan fingerprint density at radius 2 is 1.22 bits per heavy atom. The van der Waals surface area contributed by atoms with Crippen molar-refractivity contribution in [3.05, 3.63) is 24.3 Å². The highest BCUT2D eigenvalue weighted by Crippen LogP contribution is 2.78. The van der Waals surface area contributed by atoms with Crippen molar-refractivity contribution in [1.29, 1.82) is 0 Å². The minimum atomic E-state index is -3.10. The van der Waals surface area contributed by atoms with Crippen LogP contribution in [0.3, 0.4) is 0 Å². The molecular formula is C14H21O3P. The van der Waals surface area contributed by atoms with E-state index in [1.807, 2.05) is 0 Å². The summed E-state index contributed by atoms with van der Waals surface area (Å²) in [5.41, 5.74) is -0.0437. The fourth-order valence-electron chi connectivity index (χ4n) is 3.71. The number of rotatable bonds is 1. The van der Waals surface area contributed by atoms with Crippen LogP contribution < -0.4 is 0 Å². The molecule has 0 aromatic heterocycles. The van der Waals surface area contributed by atoms with Gasteiger partial charge in [-0.25, -0.2) is 0 Å². The Labute approximate surface area is 108 Å². The van der Waals surface area contributed by atoms with Crippen LogP contribution in [0.5, 0.6) is 0 Å². The normalized spacial score (nSPS) is 48.3. The van der Waals surface area contributed by atoms with Gasteiger partial charge in [0.1, 0.15) is 0 Å². The van der Waals surface area contributed by atoms with Crippen LogP contribution in [-0.2, 0) is 4.57 Å². The third-order valence-corrected chi connectivity index (χ3v) is 9.07. The van der Waals surface area contributed by atoms with Crippen LogP contribution in [0.1, 0.15) is 44.9 Å². The van der Waals surface area contributed by atoms with Gasteiger partial charge in [0.25, 0.3) is 0 Å². The van der Waals surface area contributed by atoms with E-state index in [-0.39, 0.29) is 5.66 Å². The SMILES string of the molecule is O=P1(C2CCCCCCC2)C2(O)C=CC1(O)C=C2. The second kappa shape index (κ2) is 4.06. The third kappa shape index (κ3) is 1.47. The standard InChI is InChI=1S/C14H21O3P/c15-13-8-9-14(16,11-10-13)18(13,17)12-6-4-2-1-3-5-7-12/h8-12,15-16H,1-7H2. The molecule has 0 aromatic rings. The summed E-state index contributed by atoms with van der Waals surface area (Å²) < 4.78 is 13.4. The Kier molecular flexibility index (Phi) is 2.85. The van der Waals surface area contributed by atoms with E-state index < -0.39 is 17.8 Å². The maximum atomic E-state index is 13.4. The zero-order chi connectivity index (χ0) is 12.9. The first kappa shape index (κ1) is 12.7. The van der Waals surface area contributed by atoms with Crippen molar-refractivity contribution in [2.24, 2.45) is 0 Å². The molecule has 3 nitrogen and oxygen atoms in total. The molecule has 3 aliphatic rings. The van der Waals surface area contributed by atoms with Crippen LogP contribution >= 0.6 is 7.14 Å². The van der Waals surface area contributed by atoms with Gasteiger partial charge in [-0.1, -0.05) is 32.1 Å². The molecule has 18 heavy (non-hydrogen) atoms. The molecule has 2 heterocycles. The summed E-state index contributed by atoms with van der Waals surface area (Å²) in [5, 5.41) is 18.3. The highest BCUT2D eigenvalue weighted by atomic mass is 31.2. The molecule has 0 saturated heterocycles. The quantitative estimate of drug-likeness (QED) is 0.568. The van der Waals surface area contributed by atoms with Crippen molar-refractivity contribution in [2.75, 3.05) is 0 Å². The van der Waals surface area contributed by atoms with Crippen LogP contribution in [0.15, 0.2) is 24.3 Å². The van der Waals surface area contributed by atoms with Crippen LogP contribution in [0, 0.1) is 0 Å². The maximum Gasteiger partial charge on any atom is 0.166 e. The van der Waals surface area contributed by atoms with Crippen molar-refractivity contribution in [2.45, 2.75) is 61.3 Å². The van der Waals surface area contributed by atoms with Gasteiger partial charge in [-0.3, -0.25) is 0 Å². The average molecular weight is 268 g/mol. The lowest BCUT2D eigenvalue weighted by Gasteiger charge is -2.37. The number of fused-ring (bicyclic) bond motifs is 2. The van der Waals surface area contributed by atoms with Gasteiger partial charge in [0, 0.05) is 5.66 Å².